The van der Waals surface area contributed by atoms with Gasteiger partial charge in [0, 0.05) is 84.5 Å². The largest absolute Gasteiger partial charge is 0.469 e. The number of ether oxygens (including phenoxy) is 3. The number of aliphatic hydroxyl groups excluding tert-OH is 1. The van der Waals surface area contributed by atoms with E-state index in [4.69, 9.17) is 49.1 Å². The van der Waals surface area contributed by atoms with Crippen LogP contribution in [-0.4, -0.2) is 147 Å². The lowest BCUT2D eigenvalue weighted by molar-refractivity contribution is -0.147. The molecule has 1 aromatic carbocycles. The molecule has 10 bridgehead atoms. The quantitative estimate of drug-likeness (QED) is 0.0471. The zero-order valence-corrected chi connectivity index (χ0v) is 56.6. The summed E-state index contributed by atoms with van der Waals surface area (Å²) in [6.45, 7) is 6.01. The van der Waals surface area contributed by atoms with Gasteiger partial charge in [0.1, 0.15) is 77.2 Å². The van der Waals surface area contributed by atoms with E-state index in [1.54, 1.807) is 80.7 Å². The molecule has 9 heterocycles. The number of pyridine rings is 1. The summed E-state index contributed by atoms with van der Waals surface area (Å²) in [5, 5.41) is 32.5. The molecule has 1 fully saturated rings. The van der Waals surface area contributed by atoms with Crippen LogP contribution in [0.15, 0.2) is 64.0 Å². The Balaban J connectivity index is 1.04. The first-order valence-electron chi connectivity index (χ1n) is 29.7. The second kappa shape index (κ2) is 30.7. The van der Waals surface area contributed by atoms with Gasteiger partial charge in [0.15, 0.2) is 5.78 Å². The lowest BCUT2D eigenvalue weighted by atomic mass is 9.90. The fraction of sp³-hybridized carbons (Fsp3) is 0.403. The van der Waals surface area contributed by atoms with Gasteiger partial charge in [0.05, 0.1) is 61.3 Å². The highest BCUT2D eigenvalue weighted by Gasteiger charge is 2.35. The average Bonchev–Trinajstić information content (AvgIpc) is 1.80. The van der Waals surface area contributed by atoms with E-state index in [9.17, 15) is 43.5 Å². The Morgan fingerprint density at radius 2 is 1.44 bits per heavy atom. The number of Topliss-reactive ketones (excluding diaryl/α,β-unsaturated/α-hetero) is 1. The highest BCUT2D eigenvalue weighted by Crippen LogP contribution is 2.41. The number of methoxy groups -OCH3 is 3. The number of carbonyl (C=O) groups excluding carboxylic acids is 8. The first kappa shape index (κ1) is 67.7. The van der Waals surface area contributed by atoms with Crippen LogP contribution in [0.2, 0.25) is 0 Å². The number of nitrogens with zero attached hydrogens (tertiary/aromatic N) is 9. The summed E-state index contributed by atoms with van der Waals surface area (Å²) in [4.78, 5) is 148. The number of unbranched alkanes of at least 4 members (excludes halogenated alkanes) is 1. The van der Waals surface area contributed by atoms with Gasteiger partial charge in [-0.15, -0.1) is 68.0 Å². The first-order chi connectivity index (χ1) is 44.8. The molecule has 0 unspecified atom stereocenters. The Bertz CT molecular complexity index is 4040. The van der Waals surface area contributed by atoms with Crippen LogP contribution in [0.5, 0.6) is 0 Å². The van der Waals surface area contributed by atoms with E-state index in [2.05, 4.69) is 21.3 Å². The number of esters is 2. The summed E-state index contributed by atoms with van der Waals surface area (Å²) in [6, 6.07) is 9.94. The third-order valence-corrected chi connectivity index (χ3v) is 21.4. The molecule has 6 amide bonds. The molecule has 1 saturated heterocycles. The summed E-state index contributed by atoms with van der Waals surface area (Å²) in [5.74, 6) is -3.91. The predicted molar refractivity (Wildman–Crippen MR) is 353 cm³/mol. The molecule has 2 aliphatic heterocycles. The number of ketones is 1. The van der Waals surface area contributed by atoms with Crippen molar-refractivity contribution in [3.8, 4) is 43.4 Å². The molecule has 93 heavy (non-hydrogen) atoms. The third-order valence-electron chi connectivity index (χ3n) is 15.6. The molecule has 0 spiro atoms. The van der Waals surface area contributed by atoms with Crippen molar-refractivity contribution in [1.29, 1.82) is 0 Å². The monoisotopic (exact) mass is 1380 g/mol. The number of nitrogens with one attached hydrogen (secondary N) is 4. The zero-order valence-electron chi connectivity index (χ0n) is 51.7. The van der Waals surface area contributed by atoms with Crippen molar-refractivity contribution in [3.63, 3.8) is 0 Å². The molecule has 0 radical (unpaired) electrons. The minimum atomic E-state index is -1.29. The van der Waals surface area contributed by atoms with Crippen LogP contribution in [0.1, 0.15) is 145 Å². The van der Waals surface area contributed by atoms with Gasteiger partial charge in [-0.25, -0.2) is 39.7 Å². The number of likely N-dealkylation sites (tertiary alicyclic amines) is 1. The molecule has 488 valence electrons. The standard InChI is InChI=1S/C62H67N13O12S6/c1-31(2)36-23-42(76)48-32(3)92-59(72-48)38(24-45(77)63-4)66-53(81)40-28-88-55(68-40)35-16-17-37(57-70-44(30-91-57)75(20-12-11-15-47(79)86-6)62(84)74-21-18-34(19-22-74)61(83)87-7)65-49(35)39-27-89-58(67-39)41-29-90-60(69-41)51(52(80)33-13-9-8-10-14-33)71-46(78)25-64-54(82)50-43(26-85-5)93-56(36)73-50/h8-10,13-14,16-17,27-31,34,36,38,51-52,80H,11-12,15,18-26H2,1-7H3,(H,63,77)(H,64,82)(H,66,81)(H,71,78)/t36-,38+,51+,52+/m1/s1. The van der Waals surface area contributed by atoms with Gasteiger partial charge in [-0.3, -0.25) is 38.5 Å². The van der Waals surface area contributed by atoms with Gasteiger partial charge < -0.3 is 45.5 Å². The van der Waals surface area contributed by atoms with Gasteiger partial charge in [-0.1, -0.05) is 44.2 Å². The van der Waals surface area contributed by atoms with Gasteiger partial charge in [0.25, 0.3) is 11.8 Å². The fourth-order valence-corrected chi connectivity index (χ4v) is 16.2. The minimum Gasteiger partial charge on any atom is -0.469 e. The maximum absolute atomic E-state index is 14.5. The number of aryl methyl sites for hydroxylation is 1. The van der Waals surface area contributed by atoms with Crippen molar-refractivity contribution in [1.82, 2.24) is 61.1 Å². The Morgan fingerprint density at radius 1 is 0.731 bits per heavy atom. The molecule has 8 aromatic rings. The van der Waals surface area contributed by atoms with E-state index in [0.717, 1.165) is 0 Å². The number of piperidine rings is 1. The van der Waals surface area contributed by atoms with Gasteiger partial charge >= 0.3 is 18.0 Å². The van der Waals surface area contributed by atoms with Crippen LogP contribution in [0.3, 0.4) is 0 Å². The second-order valence-corrected chi connectivity index (χ2v) is 28.0. The molecule has 31 heteroatoms. The summed E-state index contributed by atoms with van der Waals surface area (Å²) < 4.78 is 15.3. The van der Waals surface area contributed by atoms with E-state index >= 15 is 0 Å². The molecular weight excluding hydrogens is 1310 g/mol. The number of fused-ring (bicyclic) bond motifs is 14. The number of hydrogen-bond donors (Lipinski definition) is 5. The van der Waals surface area contributed by atoms with Crippen LogP contribution in [0, 0.1) is 18.8 Å². The Hall–Kier alpha value is -8.17. The molecule has 25 nitrogen and oxygen atoms in total. The lowest BCUT2D eigenvalue weighted by Gasteiger charge is -2.34. The molecule has 4 atom stereocenters. The number of hydrogen-bond acceptors (Lipinski definition) is 25. The third kappa shape index (κ3) is 15.9. The Labute approximate surface area is 558 Å². The van der Waals surface area contributed by atoms with E-state index in [1.807, 2.05) is 13.8 Å². The Morgan fingerprint density at radius 3 is 2.17 bits per heavy atom. The minimum absolute atomic E-state index is 0.0203. The fourth-order valence-electron chi connectivity index (χ4n) is 10.5. The van der Waals surface area contributed by atoms with E-state index in [-0.39, 0.29) is 85.1 Å². The van der Waals surface area contributed by atoms with Crippen molar-refractivity contribution in [2.75, 3.05) is 59.5 Å². The number of urea groups is 1. The van der Waals surface area contributed by atoms with Crippen molar-refractivity contribution in [3.05, 3.63) is 111 Å². The van der Waals surface area contributed by atoms with Gasteiger partial charge in [-0.05, 0) is 56.2 Å². The SMILES string of the molecule is CNC(=O)C[C@@H]1NC(=O)c2csc(n2)-c2ccc(-c3nc(N(CCCCC(=O)OC)C(=O)N4CCC(C(=O)OC)CC4)cs3)nc2-c2csc(n2)-c2csc(n2)[C@H]([C@@H](O)c2ccccc2)NC(=O)CNC(=O)c2nc(sc2COC)[C@@H](C(C)C)CC(=O)c2nc1sc2C. The van der Waals surface area contributed by atoms with Crippen LogP contribution in [-0.2, 0) is 40.0 Å². The molecule has 10 rings (SSSR count). The molecule has 2 aliphatic rings. The smallest absolute Gasteiger partial charge is 0.325 e. The number of aliphatic hydroxyl groups is 1. The van der Waals surface area contributed by atoms with E-state index in [0.29, 0.717) is 118 Å². The van der Waals surface area contributed by atoms with E-state index < -0.39 is 54.3 Å². The number of carbonyl (C=O) groups is 8. The predicted octanol–water partition coefficient (Wildman–Crippen LogP) is 9.35. The summed E-state index contributed by atoms with van der Waals surface area (Å²) in [7, 11) is 5.63. The molecule has 7 aromatic heterocycles. The number of benzene rings is 1. The number of thiazole rings is 6. The highest BCUT2D eigenvalue weighted by atomic mass is 32.1. The van der Waals surface area contributed by atoms with Crippen molar-refractivity contribution >= 4 is 121 Å². The first-order valence-corrected chi connectivity index (χ1v) is 34.9. The maximum Gasteiger partial charge on any atom is 0.325 e. The number of aromatic nitrogens is 7. The van der Waals surface area contributed by atoms with Crippen LogP contribution < -0.4 is 26.2 Å². The molecular formula is C62H67N13O12S6. The van der Waals surface area contributed by atoms with E-state index in [1.165, 1.54) is 96.4 Å². The molecule has 0 aliphatic carbocycles. The second-order valence-electron chi connectivity index (χ2n) is 22.2. The van der Waals surface area contributed by atoms with Crippen LogP contribution in [0.25, 0.3) is 43.4 Å². The number of anilines is 1. The average molecular weight is 1380 g/mol. The lowest BCUT2D eigenvalue weighted by Crippen LogP contribution is -2.48. The summed E-state index contributed by atoms with van der Waals surface area (Å²) in [5.41, 5.74) is 2.76. The molecule has 0 saturated carbocycles. The normalized spacial score (nSPS) is 17.0. The van der Waals surface area contributed by atoms with Crippen LogP contribution in [0.4, 0.5) is 10.6 Å². The number of amides is 6. The van der Waals surface area contributed by atoms with Gasteiger partial charge in [0.2, 0.25) is 11.8 Å². The number of rotatable bonds is 15. The maximum atomic E-state index is 14.5. The van der Waals surface area contributed by atoms with Crippen molar-refractivity contribution in [2.45, 2.75) is 96.4 Å². The van der Waals surface area contributed by atoms with Crippen molar-refractivity contribution < 1.29 is 57.7 Å². The van der Waals surface area contributed by atoms with Gasteiger partial charge in [-0.2, -0.15) is 0 Å². The van der Waals surface area contributed by atoms with Crippen molar-refractivity contribution in [2.24, 2.45) is 11.8 Å². The van der Waals surface area contributed by atoms with Crippen LogP contribution >= 0.6 is 68.0 Å². The molecule has 5 N–H and O–H groups in total. The Kier molecular flexibility index (Phi) is 22.4. The zero-order chi connectivity index (χ0) is 66.0. The topological polar surface area (TPSA) is 329 Å². The summed E-state index contributed by atoms with van der Waals surface area (Å²) >= 11 is 7.28. The highest BCUT2D eigenvalue weighted by molar-refractivity contribution is 7.15. The summed E-state index contributed by atoms with van der Waals surface area (Å²) in [6.07, 6.45) is 0.383.